The zero-order chi connectivity index (χ0) is 13.2. The summed E-state index contributed by atoms with van der Waals surface area (Å²) in [5.41, 5.74) is 0. The molecule has 1 amide bonds. The number of nitrogens with zero attached hydrogens (tertiary/aromatic N) is 1. The van der Waals surface area contributed by atoms with Crippen LogP contribution in [0.5, 0.6) is 0 Å². The molecule has 3 fully saturated rings. The molecule has 3 rings (SSSR count). The number of rotatable bonds is 5. The summed E-state index contributed by atoms with van der Waals surface area (Å²) in [5, 5.41) is 3.68. The summed E-state index contributed by atoms with van der Waals surface area (Å²) in [7, 11) is 0. The van der Waals surface area contributed by atoms with Crippen LogP contribution in [0.25, 0.3) is 0 Å². The second-order valence-electron chi connectivity index (χ2n) is 6.85. The van der Waals surface area contributed by atoms with Gasteiger partial charge in [0.1, 0.15) is 0 Å². The quantitative estimate of drug-likeness (QED) is 0.828. The van der Waals surface area contributed by atoms with Gasteiger partial charge in [0, 0.05) is 31.1 Å². The molecule has 1 saturated carbocycles. The average molecular weight is 264 g/mol. The van der Waals surface area contributed by atoms with Gasteiger partial charge in [0.15, 0.2) is 0 Å². The first kappa shape index (κ1) is 13.4. The molecule has 0 aromatic carbocycles. The van der Waals surface area contributed by atoms with E-state index in [0.29, 0.717) is 30.0 Å². The van der Waals surface area contributed by atoms with Gasteiger partial charge in [-0.25, -0.2) is 0 Å². The summed E-state index contributed by atoms with van der Waals surface area (Å²) in [5.74, 6) is 1.14. The van der Waals surface area contributed by atoms with E-state index in [0.717, 1.165) is 19.4 Å². The van der Waals surface area contributed by atoms with Gasteiger partial charge in [0.25, 0.3) is 0 Å². The molecule has 0 aromatic rings. The average Bonchev–Trinajstić information content (AvgIpc) is 2.69. The van der Waals surface area contributed by atoms with E-state index in [4.69, 9.17) is 0 Å². The van der Waals surface area contributed by atoms with Crippen LogP contribution in [0.15, 0.2) is 0 Å². The molecule has 2 aliphatic heterocycles. The van der Waals surface area contributed by atoms with Gasteiger partial charge in [-0.05, 0) is 50.9 Å². The lowest BCUT2D eigenvalue weighted by atomic mass is 9.82. The highest BCUT2D eigenvalue weighted by Crippen LogP contribution is 2.33. The molecule has 2 atom stereocenters. The van der Waals surface area contributed by atoms with Crippen LogP contribution in [0.1, 0.15) is 64.7 Å². The molecule has 1 N–H and O–H groups in total. The van der Waals surface area contributed by atoms with E-state index < -0.39 is 0 Å². The fourth-order valence-electron chi connectivity index (χ4n) is 4.09. The Morgan fingerprint density at radius 2 is 1.84 bits per heavy atom. The lowest BCUT2D eigenvalue weighted by Crippen LogP contribution is -2.50. The minimum absolute atomic E-state index is 0.442. The minimum Gasteiger partial charge on any atom is -0.340 e. The van der Waals surface area contributed by atoms with E-state index >= 15 is 0 Å². The first-order chi connectivity index (χ1) is 9.26. The summed E-state index contributed by atoms with van der Waals surface area (Å²) in [6.45, 7) is 3.16. The number of piperidine rings is 1. The van der Waals surface area contributed by atoms with Crippen LogP contribution in [-0.4, -0.2) is 35.5 Å². The maximum atomic E-state index is 12.6. The van der Waals surface area contributed by atoms with Crippen molar-refractivity contribution in [3.63, 3.8) is 0 Å². The third-order valence-corrected chi connectivity index (χ3v) is 5.36. The predicted molar refractivity (Wildman–Crippen MR) is 76.9 cm³/mol. The fourth-order valence-corrected chi connectivity index (χ4v) is 4.09. The molecule has 3 nitrogen and oxygen atoms in total. The Kier molecular flexibility index (Phi) is 4.11. The summed E-state index contributed by atoms with van der Waals surface area (Å²) in [6.07, 6.45) is 10.8. The molecular formula is C16H28N2O. The molecule has 0 spiro atoms. The van der Waals surface area contributed by atoms with Crippen molar-refractivity contribution in [3.8, 4) is 0 Å². The minimum atomic E-state index is 0.442. The van der Waals surface area contributed by atoms with Crippen molar-refractivity contribution in [3.05, 3.63) is 0 Å². The molecule has 19 heavy (non-hydrogen) atoms. The second-order valence-corrected chi connectivity index (χ2v) is 6.85. The first-order valence-electron chi connectivity index (χ1n) is 8.31. The summed E-state index contributed by atoms with van der Waals surface area (Å²) >= 11 is 0. The summed E-state index contributed by atoms with van der Waals surface area (Å²) < 4.78 is 0. The molecule has 108 valence electrons. The normalized spacial score (nSPS) is 34.1. The Labute approximate surface area is 117 Å². The Bertz CT molecular complexity index is 315. The SMILES string of the molecule is CCCN(C(=O)CC1CCC1)C1CC2CCC(C1)N2. The van der Waals surface area contributed by atoms with E-state index in [1.165, 1.54) is 44.9 Å². The van der Waals surface area contributed by atoms with Crippen LogP contribution in [0.3, 0.4) is 0 Å². The van der Waals surface area contributed by atoms with Gasteiger partial charge in [-0.15, -0.1) is 0 Å². The van der Waals surface area contributed by atoms with E-state index in [1.54, 1.807) is 0 Å². The van der Waals surface area contributed by atoms with Crippen LogP contribution in [0.4, 0.5) is 0 Å². The second kappa shape index (κ2) is 5.82. The number of amides is 1. The molecule has 0 radical (unpaired) electrons. The van der Waals surface area contributed by atoms with Gasteiger partial charge in [-0.3, -0.25) is 4.79 Å². The molecule has 1 aliphatic carbocycles. The van der Waals surface area contributed by atoms with Crippen molar-refractivity contribution in [2.45, 2.75) is 82.8 Å². The lowest BCUT2D eigenvalue weighted by Gasteiger charge is -2.39. The van der Waals surface area contributed by atoms with Crippen molar-refractivity contribution < 1.29 is 4.79 Å². The van der Waals surface area contributed by atoms with Crippen LogP contribution in [-0.2, 0) is 4.79 Å². The number of carbonyl (C=O) groups is 1. The van der Waals surface area contributed by atoms with Crippen molar-refractivity contribution in [2.75, 3.05) is 6.54 Å². The molecular weight excluding hydrogens is 236 g/mol. The predicted octanol–water partition coefficient (Wildman–Crippen LogP) is 2.70. The molecule has 2 unspecified atom stereocenters. The van der Waals surface area contributed by atoms with Crippen molar-refractivity contribution in [1.82, 2.24) is 10.2 Å². The maximum absolute atomic E-state index is 12.6. The number of hydrogen-bond donors (Lipinski definition) is 1. The zero-order valence-corrected chi connectivity index (χ0v) is 12.2. The molecule has 3 heteroatoms. The highest BCUT2D eigenvalue weighted by molar-refractivity contribution is 5.77. The van der Waals surface area contributed by atoms with Gasteiger partial charge in [-0.1, -0.05) is 13.3 Å². The molecule has 2 heterocycles. The Hall–Kier alpha value is -0.570. The van der Waals surface area contributed by atoms with Gasteiger partial charge >= 0.3 is 0 Å². The number of hydrogen-bond acceptors (Lipinski definition) is 2. The standard InChI is InChI=1S/C16H28N2O/c1-2-8-18(16(19)9-12-4-3-5-12)15-10-13-6-7-14(11-15)17-13/h12-15,17H,2-11H2,1H3. The molecule has 2 bridgehead atoms. The summed E-state index contributed by atoms with van der Waals surface area (Å²) in [6, 6.07) is 1.88. The van der Waals surface area contributed by atoms with E-state index in [-0.39, 0.29) is 0 Å². The number of nitrogens with one attached hydrogen (secondary N) is 1. The first-order valence-corrected chi connectivity index (χ1v) is 8.31. The van der Waals surface area contributed by atoms with Crippen molar-refractivity contribution in [2.24, 2.45) is 5.92 Å². The molecule has 3 aliphatic rings. The van der Waals surface area contributed by atoms with Gasteiger partial charge in [0.2, 0.25) is 5.91 Å². The summed E-state index contributed by atoms with van der Waals surface area (Å²) in [4.78, 5) is 14.8. The third kappa shape index (κ3) is 2.96. The Morgan fingerprint density at radius 1 is 1.16 bits per heavy atom. The van der Waals surface area contributed by atoms with E-state index in [9.17, 15) is 4.79 Å². The number of fused-ring (bicyclic) bond motifs is 2. The van der Waals surface area contributed by atoms with Crippen LogP contribution < -0.4 is 5.32 Å². The number of carbonyl (C=O) groups excluding carboxylic acids is 1. The van der Waals surface area contributed by atoms with E-state index in [2.05, 4.69) is 17.1 Å². The largest absolute Gasteiger partial charge is 0.340 e. The van der Waals surface area contributed by atoms with Crippen LogP contribution in [0.2, 0.25) is 0 Å². The van der Waals surface area contributed by atoms with Gasteiger partial charge in [0.05, 0.1) is 0 Å². The molecule has 2 saturated heterocycles. The highest BCUT2D eigenvalue weighted by atomic mass is 16.2. The topological polar surface area (TPSA) is 32.3 Å². The zero-order valence-electron chi connectivity index (χ0n) is 12.2. The van der Waals surface area contributed by atoms with Crippen molar-refractivity contribution >= 4 is 5.91 Å². The Morgan fingerprint density at radius 3 is 2.37 bits per heavy atom. The smallest absolute Gasteiger partial charge is 0.223 e. The third-order valence-electron chi connectivity index (χ3n) is 5.36. The maximum Gasteiger partial charge on any atom is 0.223 e. The fraction of sp³-hybridized carbons (Fsp3) is 0.938. The van der Waals surface area contributed by atoms with Gasteiger partial charge < -0.3 is 10.2 Å². The highest BCUT2D eigenvalue weighted by Gasteiger charge is 2.37. The van der Waals surface area contributed by atoms with Gasteiger partial charge in [-0.2, -0.15) is 0 Å². The lowest BCUT2D eigenvalue weighted by molar-refractivity contribution is -0.136. The molecule has 0 aromatic heterocycles. The monoisotopic (exact) mass is 264 g/mol. The Balaban J connectivity index is 1.60. The van der Waals surface area contributed by atoms with Crippen LogP contribution >= 0.6 is 0 Å². The van der Waals surface area contributed by atoms with Crippen molar-refractivity contribution in [1.29, 1.82) is 0 Å². The van der Waals surface area contributed by atoms with Crippen LogP contribution in [0, 0.1) is 5.92 Å². The van der Waals surface area contributed by atoms with E-state index in [1.807, 2.05) is 0 Å².